The van der Waals surface area contributed by atoms with Crippen LogP contribution in [0.25, 0.3) is 16.6 Å². The Labute approximate surface area is 201 Å². The van der Waals surface area contributed by atoms with E-state index in [0.29, 0.717) is 47.2 Å². The van der Waals surface area contributed by atoms with Gasteiger partial charge in [0.25, 0.3) is 5.56 Å². The lowest BCUT2D eigenvalue weighted by Crippen LogP contribution is -2.43. The summed E-state index contributed by atoms with van der Waals surface area (Å²) in [5.74, 6) is 0.145. The van der Waals surface area contributed by atoms with E-state index in [-0.39, 0.29) is 29.1 Å². The molecule has 1 atom stereocenters. The van der Waals surface area contributed by atoms with E-state index in [1.807, 2.05) is 6.07 Å². The summed E-state index contributed by atoms with van der Waals surface area (Å²) in [5.41, 5.74) is 1.01. The van der Waals surface area contributed by atoms with Crippen molar-refractivity contribution in [3.05, 3.63) is 58.9 Å². The zero-order valence-electron chi connectivity index (χ0n) is 19.2. The number of fused-ring (bicyclic) bond motifs is 1. The molecule has 9 heteroatoms. The molecular formula is C25H27N3O5S. The van der Waals surface area contributed by atoms with Crippen LogP contribution in [0.5, 0.6) is 5.75 Å². The van der Waals surface area contributed by atoms with Gasteiger partial charge in [0, 0.05) is 13.1 Å². The Bertz CT molecular complexity index is 1240. The SMILES string of the molecule is CCOC(=O)C1CCCN(C(=O)CSc2nc3ccccc3c(=O)n2-c2ccc(OC)cc2)C1. The second-order valence-corrected chi connectivity index (χ2v) is 8.91. The van der Waals surface area contributed by atoms with Crippen molar-refractivity contribution < 1.29 is 19.1 Å². The number of carbonyl (C=O) groups is 2. The van der Waals surface area contributed by atoms with Gasteiger partial charge in [-0.2, -0.15) is 0 Å². The molecule has 1 aliphatic rings. The van der Waals surface area contributed by atoms with Gasteiger partial charge in [0.1, 0.15) is 5.75 Å². The van der Waals surface area contributed by atoms with Gasteiger partial charge in [0.05, 0.1) is 42.0 Å². The van der Waals surface area contributed by atoms with Gasteiger partial charge in [-0.05, 0) is 56.2 Å². The van der Waals surface area contributed by atoms with Gasteiger partial charge in [-0.15, -0.1) is 0 Å². The number of esters is 1. The number of hydrogen-bond donors (Lipinski definition) is 0. The van der Waals surface area contributed by atoms with E-state index in [1.165, 1.54) is 16.3 Å². The Hall–Kier alpha value is -3.33. The number of carbonyl (C=O) groups excluding carboxylic acids is 2. The van der Waals surface area contributed by atoms with Gasteiger partial charge in [0.15, 0.2) is 5.16 Å². The number of thioether (sulfide) groups is 1. The lowest BCUT2D eigenvalue weighted by atomic mass is 9.98. The molecule has 1 aromatic heterocycles. The molecule has 0 bridgehead atoms. The first kappa shape index (κ1) is 23.8. The van der Waals surface area contributed by atoms with Crippen molar-refractivity contribution in [1.82, 2.24) is 14.5 Å². The molecule has 1 aliphatic heterocycles. The van der Waals surface area contributed by atoms with E-state index in [1.54, 1.807) is 61.4 Å². The summed E-state index contributed by atoms with van der Waals surface area (Å²) in [5, 5.41) is 0.934. The van der Waals surface area contributed by atoms with E-state index >= 15 is 0 Å². The largest absolute Gasteiger partial charge is 0.497 e. The van der Waals surface area contributed by atoms with Crippen molar-refractivity contribution in [1.29, 1.82) is 0 Å². The highest BCUT2D eigenvalue weighted by molar-refractivity contribution is 7.99. The fourth-order valence-corrected chi connectivity index (χ4v) is 4.96. The predicted octanol–water partition coefficient (Wildman–Crippen LogP) is 3.29. The van der Waals surface area contributed by atoms with Crippen molar-refractivity contribution in [3.63, 3.8) is 0 Å². The zero-order valence-corrected chi connectivity index (χ0v) is 20.0. The normalized spacial score (nSPS) is 15.8. The molecular weight excluding hydrogens is 454 g/mol. The first-order chi connectivity index (χ1) is 16.5. The first-order valence-corrected chi connectivity index (χ1v) is 12.2. The van der Waals surface area contributed by atoms with Gasteiger partial charge < -0.3 is 14.4 Å². The number of methoxy groups -OCH3 is 1. The number of amides is 1. The Morgan fingerprint density at radius 2 is 1.91 bits per heavy atom. The standard InChI is InChI=1S/C25H27N3O5S/c1-3-33-24(31)17-7-6-14-27(15-17)22(29)16-34-25-26-21-9-5-4-8-20(21)23(30)28(25)18-10-12-19(32-2)13-11-18/h4-5,8-13,17H,3,6-7,14-16H2,1-2H3. The minimum atomic E-state index is -0.293. The summed E-state index contributed by atoms with van der Waals surface area (Å²) >= 11 is 1.22. The van der Waals surface area contributed by atoms with Crippen LogP contribution in [-0.2, 0) is 14.3 Å². The van der Waals surface area contributed by atoms with E-state index in [2.05, 4.69) is 4.98 Å². The molecule has 3 aromatic rings. The molecule has 1 fully saturated rings. The lowest BCUT2D eigenvalue weighted by Gasteiger charge is -2.31. The van der Waals surface area contributed by atoms with Crippen LogP contribution in [-0.4, -0.2) is 58.9 Å². The van der Waals surface area contributed by atoms with Gasteiger partial charge in [0.2, 0.25) is 5.91 Å². The second-order valence-electron chi connectivity index (χ2n) is 7.97. The van der Waals surface area contributed by atoms with Crippen LogP contribution in [0.1, 0.15) is 19.8 Å². The monoisotopic (exact) mass is 481 g/mol. The van der Waals surface area contributed by atoms with Gasteiger partial charge >= 0.3 is 5.97 Å². The number of likely N-dealkylation sites (tertiary alicyclic amines) is 1. The molecule has 4 rings (SSSR count). The number of piperidine rings is 1. The maximum Gasteiger partial charge on any atom is 0.310 e. The number of para-hydroxylation sites is 1. The molecule has 1 amide bonds. The third-order valence-corrected chi connectivity index (χ3v) is 6.72. The summed E-state index contributed by atoms with van der Waals surface area (Å²) in [7, 11) is 1.58. The average Bonchev–Trinajstić information content (AvgIpc) is 2.87. The number of benzene rings is 2. The predicted molar refractivity (Wildman–Crippen MR) is 131 cm³/mol. The van der Waals surface area contributed by atoms with Crippen LogP contribution in [0, 0.1) is 5.92 Å². The molecule has 1 saturated heterocycles. The third kappa shape index (κ3) is 5.09. The first-order valence-electron chi connectivity index (χ1n) is 11.2. The molecule has 1 unspecified atom stereocenters. The number of aromatic nitrogens is 2. The summed E-state index contributed by atoms with van der Waals surface area (Å²) < 4.78 is 11.9. The molecule has 0 N–H and O–H groups in total. The quantitative estimate of drug-likeness (QED) is 0.291. The molecule has 0 spiro atoms. The van der Waals surface area contributed by atoms with E-state index in [9.17, 15) is 14.4 Å². The molecule has 2 aromatic carbocycles. The molecule has 2 heterocycles. The molecule has 8 nitrogen and oxygen atoms in total. The Morgan fingerprint density at radius 1 is 1.15 bits per heavy atom. The highest BCUT2D eigenvalue weighted by Crippen LogP contribution is 2.24. The summed E-state index contributed by atoms with van der Waals surface area (Å²) in [6.07, 6.45) is 1.48. The number of rotatable bonds is 7. The van der Waals surface area contributed by atoms with E-state index in [4.69, 9.17) is 9.47 Å². The van der Waals surface area contributed by atoms with Crippen LogP contribution in [0.4, 0.5) is 0 Å². The van der Waals surface area contributed by atoms with Crippen molar-refractivity contribution in [2.75, 3.05) is 32.6 Å². The maximum atomic E-state index is 13.4. The van der Waals surface area contributed by atoms with Crippen molar-refractivity contribution in [2.45, 2.75) is 24.9 Å². The Kier molecular flexibility index (Phi) is 7.52. The molecule has 0 saturated carbocycles. The van der Waals surface area contributed by atoms with Crippen LogP contribution >= 0.6 is 11.8 Å². The van der Waals surface area contributed by atoms with E-state index < -0.39 is 0 Å². The smallest absolute Gasteiger partial charge is 0.310 e. The number of nitrogens with zero attached hydrogens (tertiary/aromatic N) is 3. The molecule has 34 heavy (non-hydrogen) atoms. The molecule has 178 valence electrons. The summed E-state index contributed by atoms with van der Waals surface area (Å²) in [4.78, 5) is 44.9. The van der Waals surface area contributed by atoms with Crippen molar-refractivity contribution in [2.24, 2.45) is 5.92 Å². The van der Waals surface area contributed by atoms with Crippen molar-refractivity contribution >= 4 is 34.5 Å². The third-order valence-electron chi connectivity index (χ3n) is 5.79. The lowest BCUT2D eigenvalue weighted by molar-refractivity contribution is -0.151. The van der Waals surface area contributed by atoms with Gasteiger partial charge in [-0.3, -0.25) is 19.0 Å². The highest BCUT2D eigenvalue weighted by Gasteiger charge is 2.29. The van der Waals surface area contributed by atoms with E-state index in [0.717, 1.165) is 12.8 Å². The summed E-state index contributed by atoms with van der Waals surface area (Å²) in [6, 6.07) is 14.3. The maximum absolute atomic E-state index is 13.4. The minimum Gasteiger partial charge on any atom is -0.497 e. The number of hydrogen-bond acceptors (Lipinski definition) is 7. The minimum absolute atomic E-state index is 0.0947. The fourth-order valence-electron chi connectivity index (χ4n) is 4.04. The second kappa shape index (κ2) is 10.7. The van der Waals surface area contributed by atoms with Gasteiger partial charge in [-0.25, -0.2) is 4.98 Å². The van der Waals surface area contributed by atoms with Crippen LogP contribution in [0.2, 0.25) is 0 Å². The average molecular weight is 482 g/mol. The van der Waals surface area contributed by atoms with Crippen LogP contribution < -0.4 is 10.3 Å². The Balaban J connectivity index is 1.59. The van der Waals surface area contributed by atoms with Gasteiger partial charge in [-0.1, -0.05) is 23.9 Å². The fraction of sp³-hybridized carbons (Fsp3) is 0.360. The number of ether oxygens (including phenoxy) is 2. The van der Waals surface area contributed by atoms with Crippen LogP contribution in [0.15, 0.2) is 58.5 Å². The molecule has 0 aliphatic carbocycles. The Morgan fingerprint density at radius 3 is 2.65 bits per heavy atom. The topological polar surface area (TPSA) is 90.7 Å². The summed E-state index contributed by atoms with van der Waals surface area (Å²) in [6.45, 7) is 3.06. The highest BCUT2D eigenvalue weighted by atomic mass is 32.2. The van der Waals surface area contributed by atoms with Crippen LogP contribution in [0.3, 0.4) is 0 Å². The molecule has 0 radical (unpaired) electrons. The zero-order chi connectivity index (χ0) is 24.1. The van der Waals surface area contributed by atoms with Crippen molar-refractivity contribution in [3.8, 4) is 11.4 Å².